The van der Waals surface area contributed by atoms with Crippen LogP contribution in [0.15, 0.2) is 50.3 Å². The summed E-state index contributed by atoms with van der Waals surface area (Å²) in [6, 6.07) is 8.88. The van der Waals surface area contributed by atoms with Crippen LogP contribution in [0.2, 0.25) is 0 Å². The Morgan fingerprint density at radius 3 is 2.55 bits per heavy atom. The monoisotopic (exact) mass is 583 g/mol. The number of hydrogen-bond donors (Lipinski definition) is 5. The Hall–Kier alpha value is -2.96. The van der Waals surface area contributed by atoms with Crippen LogP contribution in [-0.4, -0.2) is 42.4 Å². The van der Waals surface area contributed by atoms with E-state index >= 15 is 0 Å². The molecule has 6 N–H and O–H groups in total. The third-order valence-electron chi connectivity index (χ3n) is 4.26. The minimum Gasteiger partial charge on any atom is -0.506 e. The number of ether oxygens (including phenoxy) is 1. The SMILES string of the molecule is CCOC(=O)CC(NC(=O)CNC(=O)c1cccc(N=CNN)c1)c1cc(Br)c(O)c(Br)c1. The van der Waals surface area contributed by atoms with Crippen LogP contribution in [0.3, 0.4) is 0 Å². The number of nitrogens with one attached hydrogen (secondary N) is 3. The maximum Gasteiger partial charge on any atom is 0.308 e. The number of hydrazine groups is 1. The highest BCUT2D eigenvalue weighted by molar-refractivity contribution is 9.11. The summed E-state index contributed by atoms with van der Waals surface area (Å²) in [5.74, 6) is 3.64. The molecule has 2 amide bonds. The van der Waals surface area contributed by atoms with Gasteiger partial charge in [-0.3, -0.25) is 14.4 Å². The third kappa shape index (κ3) is 8.15. The summed E-state index contributed by atoms with van der Waals surface area (Å²) in [7, 11) is 0. The zero-order chi connectivity index (χ0) is 24.4. The molecule has 0 spiro atoms. The van der Waals surface area contributed by atoms with E-state index in [1.165, 1.54) is 12.4 Å². The zero-order valence-corrected chi connectivity index (χ0v) is 20.8. The van der Waals surface area contributed by atoms with E-state index in [-0.39, 0.29) is 25.3 Å². The predicted octanol–water partition coefficient (Wildman–Crippen LogP) is 2.58. The van der Waals surface area contributed by atoms with Crippen LogP contribution in [0.25, 0.3) is 0 Å². The van der Waals surface area contributed by atoms with Gasteiger partial charge in [0, 0.05) is 5.56 Å². The first-order valence-corrected chi connectivity index (χ1v) is 11.3. The van der Waals surface area contributed by atoms with Crippen LogP contribution in [0.5, 0.6) is 5.75 Å². The highest BCUT2D eigenvalue weighted by Gasteiger charge is 2.22. The van der Waals surface area contributed by atoms with Gasteiger partial charge in [-0.2, -0.15) is 0 Å². The maximum absolute atomic E-state index is 12.6. The number of phenolic OH excluding ortho intramolecular Hbond substituents is 1. The molecule has 0 aliphatic heterocycles. The van der Waals surface area contributed by atoms with Gasteiger partial charge in [0.1, 0.15) is 12.1 Å². The summed E-state index contributed by atoms with van der Waals surface area (Å²) in [5.41, 5.74) is 3.64. The molecule has 0 saturated heterocycles. The Morgan fingerprint density at radius 1 is 1.21 bits per heavy atom. The second kappa shape index (κ2) is 12.9. The molecule has 0 fully saturated rings. The molecule has 33 heavy (non-hydrogen) atoms. The van der Waals surface area contributed by atoms with Crippen LogP contribution in [-0.2, 0) is 14.3 Å². The number of rotatable bonds is 10. The van der Waals surface area contributed by atoms with Crippen LogP contribution in [0.1, 0.15) is 35.3 Å². The molecular formula is C21H23Br2N5O5. The number of nitrogens with zero attached hydrogens (tertiary/aromatic N) is 1. The van der Waals surface area contributed by atoms with Gasteiger partial charge in [0.25, 0.3) is 5.91 Å². The predicted molar refractivity (Wildman–Crippen MR) is 130 cm³/mol. The Morgan fingerprint density at radius 2 is 1.91 bits per heavy atom. The molecular weight excluding hydrogens is 562 g/mol. The maximum atomic E-state index is 12.6. The molecule has 0 aliphatic rings. The van der Waals surface area contributed by atoms with E-state index in [9.17, 15) is 19.5 Å². The van der Waals surface area contributed by atoms with Crippen molar-refractivity contribution in [3.05, 3.63) is 56.5 Å². The van der Waals surface area contributed by atoms with Crippen LogP contribution < -0.4 is 21.9 Å². The highest BCUT2D eigenvalue weighted by Crippen LogP contribution is 2.35. The number of phenols is 1. The topological polar surface area (TPSA) is 155 Å². The molecule has 1 unspecified atom stereocenters. The van der Waals surface area contributed by atoms with Crippen molar-refractivity contribution in [1.29, 1.82) is 0 Å². The summed E-state index contributed by atoms with van der Waals surface area (Å²) in [5, 5.41) is 15.2. The summed E-state index contributed by atoms with van der Waals surface area (Å²) in [6.07, 6.45) is 1.14. The van der Waals surface area contributed by atoms with Crippen LogP contribution >= 0.6 is 31.9 Å². The third-order valence-corrected chi connectivity index (χ3v) is 5.47. The number of carbonyl (C=O) groups is 3. The number of esters is 1. The second-order valence-corrected chi connectivity index (χ2v) is 8.33. The number of carbonyl (C=O) groups excluding carboxylic acids is 3. The van der Waals surface area contributed by atoms with Gasteiger partial charge in [-0.05, 0) is 74.7 Å². The minimum absolute atomic E-state index is 0.0129. The molecule has 0 aromatic heterocycles. The lowest BCUT2D eigenvalue weighted by molar-refractivity contribution is -0.143. The molecule has 2 rings (SSSR count). The fourth-order valence-electron chi connectivity index (χ4n) is 2.77. The Kier molecular flexibility index (Phi) is 10.3. The van der Waals surface area contributed by atoms with Crippen molar-refractivity contribution in [1.82, 2.24) is 16.1 Å². The van der Waals surface area contributed by atoms with Crippen LogP contribution in [0.4, 0.5) is 5.69 Å². The van der Waals surface area contributed by atoms with E-state index in [0.29, 0.717) is 25.8 Å². The first-order valence-electron chi connectivity index (χ1n) is 9.75. The van der Waals surface area contributed by atoms with E-state index in [2.05, 4.69) is 52.9 Å². The van der Waals surface area contributed by atoms with Crippen molar-refractivity contribution >= 4 is 61.7 Å². The molecule has 1 atom stereocenters. The summed E-state index contributed by atoms with van der Waals surface area (Å²) in [4.78, 5) is 41.0. The first-order chi connectivity index (χ1) is 15.7. The normalized spacial score (nSPS) is 11.6. The van der Waals surface area contributed by atoms with E-state index in [1.807, 2.05) is 0 Å². The molecule has 0 radical (unpaired) electrons. The van der Waals surface area contributed by atoms with E-state index in [4.69, 9.17) is 10.6 Å². The quantitative estimate of drug-likeness (QED) is 0.0944. The Bertz CT molecular complexity index is 1020. The first kappa shape index (κ1) is 26.3. The molecule has 0 aliphatic carbocycles. The van der Waals surface area contributed by atoms with Gasteiger partial charge >= 0.3 is 5.97 Å². The Labute approximate surface area is 207 Å². The van der Waals surface area contributed by atoms with E-state index in [0.717, 1.165) is 0 Å². The van der Waals surface area contributed by atoms with E-state index in [1.54, 1.807) is 37.3 Å². The Balaban J connectivity index is 2.09. The number of amides is 2. The fraction of sp³-hybridized carbons (Fsp3) is 0.238. The molecule has 2 aromatic carbocycles. The fourth-order valence-corrected chi connectivity index (χ4v) is 3.99. The molecule has 0 bridgehead atoms. The lowest BCUT2D eigenvalue weighted by atomic mass is 10.0. The summed E-state index contributed by atoms with van der Waals surface area (Å²) in [6.45, 7) is 1.56. The minimum atomic E-state index is -0.747. The number of aliphatic imine (C=N–C) groups is 1. The van der Waals surface area contributed by atoms with Crippen molar-refractivity contribution in [2.75, 3.05) is 13.2 Å². The molecule has 12 heteroatoms. The van der Waals surface area contributed by atoms with Crippen molar-refractivity contribution < 1.29 is 24.2 Å². The number of hydrogen-bond acceptors (Lipinski definition) is 7. The highest BCUT2D eigenvalue weighted by atomic mass is 79.9. The number of aromatic hydroxyl groups is 1. The van der Waals surface area contributed by atoms with Crippen molar-refractivity contribution in [3.63, 3.8) is 0 Å². The van der Waals surface area contributed by atoms with Gasteiger partial charge in [-0.1, -0.05) is 6.07 Å². The standard InChI is InChI=1S/C21H23Br2N5O5/c1-2-33-19(30)9-17(13-7-15(22)20(31)16(23)8-13)28-18(29)10-25-21(32)12-4-3-5-14(6-12)26-11-27-24/h3-8,11,17,31H,2,9-10,24H2,1H3,(H,25,32)(H,26,27)(H,28,29). The van der Waals surface area contributed by atoms with Crippen molar-refractivity contribution in [2.45, 2.75) is 19.4 Å². The second-order valence-electron chi connectivity index (χ2n) is 6.62. The average Bonchev–Trinajstić information content (AvgIpc) is 2.79. The van der Waals surface area contributed by atoms with Gasteiger partial charge in [-0.15, -0.1) is 0 Å². The number of halogens is 2. The smallest absolute Gasteiger partial charge is 0.308 e. The van der Waals surface area contributed by atoms with Gasteiger partial charge < -0.3 is 25.9 Å². The number of benzene rings is 2. The van der Waals surface area contributed by atoms with Gasteiger partial charge in [0.05, 0.1) is 40.2 Å². The van der Waals surface area contributed by atoms with Crippen molar-refractivity contribution in [3.8, 4) is 5.75 Å². The van der Waals surface area contributed by atoms with Gasteiger partial charge in [0.2, 0.25) is 5.91 Å². The van der Waals surface area contributed by atoms with Crippen LogP contribution in [0, 0.1) is 0 Å². The lowest BCUT2D eigenvalue weighted by Crippen LogP contribution is -2.39. The molecule has 0 saturated carbocycles. The van der Waals surface area contributed by atoms with Gasteiger partial charge in [0.15, 0.2) is 0 Å². The summed E-state index contributed by atoms with van der Waals surface area (Å²) >= 11 is 6.48. The zero-order valence-electron chi connectivity index (χ0n) is 17.6. The molecule has 0 heterocycles. The van der Waals surface area contributed by atoms with Crippen molar-refractivity contribution in [2.24, 2.45) is 10.8 Å². The molecule has 10 nitrogen and oxygen atoms in total. The average molecular weight is 585 g/mol. The summed E-state index contributed by atoms with van der Waals surface area (Å²) < 4.78 is 5.77. The largest absolute Gasteiger partial charge is 0.506 e. The molecule has 176 valence electrons. The van der Waals surface area contributed by atoms with Gasteiger partial charge in [-0.25, -0.2) is 10.8 Å². The lowest BCUT2D eigenvalue weighted by Gasteiger charge is -2.20. The van der Waals surface area contributed by atoms with E-state index < -0.39 is 23.8 Å². The molecule has 2 aromatic rings. The number of nitrogens with two attached hydrogens (primary N) is 1.